The summed E-state index contributed by atoms with van der Waals surface area (Å²) in [6.45, 7) is 3.81. The molecule has 0 radical (unpaired) electrons. The smallest absolute Gasteiger partial charge is 0.326 e. The number of phenolic OH excluding ortho intramolecular Hbond substituents is 1. The summed E-state index contributed by atoms with van der Waals surface area (Å²) in [7, 11) is 0. The molecule has 2 aromatic carbocycles. The molecule has 0 aliphatic carbocycles. The van der Waals surface area contributed by atoms with Crippen LogP contribution >= 0.6 is 0 Å². The molecular weight excluding hydrogens is 554 g/mol. The summed E-state index contributed by atoms with van der Waals surface area (Å²) >= 11 is 0. The number of aromatic hydroxyl groups is 1. The van der Waals surface area contributed by atoms with Crippen molar-refractivity contribution in [2.75, 3.05) is 6.54 Å². The van der Waals surface area contributed by atoms with Crippen molar-refractivity contribution < 1.29 is 29.4 Å². The normalized spacial score (nSPS) is 14.3. The average Bonchev–Trinajstić information content (AvgIpc) is 2.97. The Morgan fingerprint density at radius 1 is 0.837 bits per heavy atom. The number of benzene rings is 2. The second-order valence-corrected chi connectivity index (χ2v) is 10.4. The molecule has 0 saturated carbocycles. The van der Waals surface area contributed by atoms with Crippen LogP contribution in [-0.2, 0) is 32.0 Å². The van der Waals surface area contributed by atoms with Crippen molar-refractivity contribution in [3.8, 4) is 5.75 Å². The molecule has 5 unspecified atom stereocenters. The third-order valence-electron chi connectivity index (χ3n) is 7.00. The maximum atomic E-state index is 13.5. The maximum absolute atomic E-state index is 13.5. The van der Waals surface area contributed by atoms with Crippen LogP contribution in [0, 0.1) is 5.92 Å². The van der Waals surface area contributed by atoms with E-state index >= 15 is 0 Å². The molecule has 0 saturated heterocycles. The monoisotopic (exact) mass is 597 g/mol. The SMILES string of the molecule is CCC(C)C(NC(=O)C(CCCN=C(N)N)NC(=O)C(N)Cc1ccc(O)cc1)C(=O)NC(Cc1ccccc1)C(=O)O. The van der Waals surface area contributed by atoms with E-state index in [1.165, 1.54) is 12.1 Å². The second-order valence-electron chi connectivity index (χ2n) is 10.4. The van der Waals surface area contributed by atoms with Crippen molar-refractivity contribution in [1.82, 2.24) is 16.0 Å². The summed E-state index contributed by atoms with van der Waals surface area (Å²) in [4.78, 5) is 55.7. The number of guanidine groups is 1. The molecule has 2 rings (SSSR count). The molecule has 2 aromatic rings. The van der Waals surface area contributed by atoms with E-state index in [0.717, 1.165) is 5.56 Å². The third-order valence-corrected chi connectivity index (χ3v) is 7.00. The predicted molar refractivity (Wildman–Crippen MR) is 163 cm³/mol. The Balaban J connectivity index is 2.18. The molecule has 13 nitrogen and oxygen atoms in total. The second kappa shape index (κ2) is 17.3. The van der Waals surface area contributed by atoms with Crippen molar-refractivity contribution in [2.24, 2.45) is 28.1 Å². The lowest BCUT2D eigenvalue weighted by atomic mass is 9.96. The molecule has 0 aromatic heterocycles. The fraction of sp³-hybridized carbons (Fsp3) is 0.433. The van der Waals surface area contributed by atoms with Gasteiger partial charge >= 0.3 is 5.97 Å². The van der Waals surface area contributed by atoms with Crippen LogP contribution in [0.3, 0.4) is 0 Å². The van der Waals surface area contributed by atoms with E-state index in [0.29, 0.717) is 18.4 Å². The van der Waals surface area contributed by atoms with Crippen molar-refractivity contribution in [2.45, 2.75) is 70.1 Å². The minimum Gasteiger partial charge on any atom is -0.508 e. The molecule has 0 heterocycles. The lowest BCUT2D eigenvalue weighted by Crippen LogP contribution is -2.59. The molecule has 11 N–H and O–H groups in total. The van der Waals surface area contributed by atoms with E-state index in [1.54, 1.807) is 49.4 Å². The van der Waals surface area contributed by atoms with E-state index < -0.39 is 47.9 Å². The topological polar surface area (TPSA) is 235 Å². The van der Waals surface area contributed by atoms with E-state index in [2.05, 4.69) is 20.9 Å². The number of aliphatic carboxylic acids is 1. The van der Waals surface area contributed by atoms with Gasteiger partial charge in [0.15, 0.2) is 5.96 Å². The van der Waals surface area contributed by atoms with Gasteiger partial charge in [0.05, 0.1) is 6.04 Å². The Morgan fingerprint density at radius 2 is 1.44 bits per heavy atom. The molecule has 0 bridgehead atoms. The minimum atomic E-state index is -1.22. The van der Waals surface area contributed by atoms with Crippen LogP contribution < -0.4 is 33.2 Å². The Hall–Kier alpha value is -4.65. The summed E-state index contributed by atoms with van der Waals surface area (Å²) in [6.07, 6.45) is 1.20. The minimum absolute atomic E-state index is 0.0610. The van der Waals surface area contributed by atoms with Gasteiger partial charge in [0.2, 0.25) is 17.7 Å². The van der Waals surface area contributed by atoms with Gasteiger partial charge in [-0.05, 0) is 48.4 Å². The Morgan fingerprint density at radius 3 is 2.02 bits per heavy atom. The van der Waals surface area contributed by atoms with Gasteiger partial charge in [-0.15, -0.1) is 0 Å². The fourth-order valence-corrected chi connectivity index (χ4v) is 4.30. The van der Waals surface area contributed by atoms with Crippen LogP contribution in [0.1, 0.15) is 44.2 Å². The number of carboxylic acid groups (broad SMARTS) is 1. The van der Waals surface area contributed by atoms with Crippen LogP contribution in [0.25, 0.3) is 0 Å². The van der Waals surface area contributed by atoms with Crippen molar-refractivity contribution in [1.29, 1.82) is 0 Å². The van der Waals surface area contributed by atoms with Gasteiger partial charge in [0.1, 0.15) is 23.9 Å². The van der Waals surface area contributed by atoms with Crippen molar-refractivity contribution in [3.05, 3.63) is 65.7 Å². The van der Waals surface area contributed by atoms with Crippen molar-refractivity contribution >= 4 is 29.7 Å². The summed E-state index contributed by atoms with van der Waals surface area (Å²) < 4.78 is 0. The van der Waals surface area contributed by atoms with Gasteiger partial charge < -0.3 is 43.4 Å². The van der Waals surface area contributed by atoms with Gasteiger partial charge in [-0.3, -0.25) is 19.4 Å². The summed E-state index contributed by atoms with van der Waals surface area (Å²) in [6, 6.07) is 10.8. The van der Waals surface area contributed by atoms with E-state index in [4.69, 9.17) is 17.2 Å². The summed E-state index contributed by atoms with van der Waals surface area (Å²) in [5.41, 5.74) is 18.3. The number of amides is 3. The highest BCUT2D eigenvalue weighted by molar-refractivity contribution is 5.94. The lowest BCUT2D eigenvalue weighted by molar-refractivity contribution is -0.142. The molecule has 13 heteroatoms. The molecule has 43 heavy (non-hydrogen) atoms. The number of carbonyl (C=O) groups is 4. The van der Waals surface area contributed by atoms with Crippen LogP contribution in [0.2, 0.25) is 0 Å². The molecule has 0 fully saturated rings. The number of hydrogen-bond donors (Lipinski definition) is 8. The Labute approximate surface area is 251 Å². The van der Waals surface area contributed by atoms with Crippen molar-refractivity contribution in [3.63, 3.8) is 0 Å². The van der Waals surface area contributed by atoms with Gasteiger partial charge in [0.25, 0.3) is 0 Å². The third kappa shape index (κ3) is 12.0. The van der Waals surface area contributed by atoms with Gasteiger partial charge in [-0.1, -0.05) is 62.7 Å². The quantitative estimate of drug-likeness (QED) is 0.0702. The van der Waals surface area contributed by atoms with Crippen LogP contribution in [0.5, 0.6) is 5.75 Å². The van der Waals surface area contributed by atoms with Crippen LogP contribution in [0.15, 0.2) is 59.6 Å². The van der Waals surface area contributed by atoms with Crippen LogP contribution in [0.4, 0.5) is 0 Å². The summed E-state index contributed by atoms with van der Waals surface area (Å²) in [5, 5.41) is 27.2. The number of rotatable bonds is 17. The first-order valence-corrected chi connectivity index (χ1v) is 14.2. The number of carbonyl (C=O) groups excluding carboxylic acids is 3. The number of carboxylic acids is 1. The fourth-order valence-electron chi connectivity index (χ4n) is 4.30. The number of aliphatic imine (C=N–C) groups is 1. The highest BCUT2D eigenvalue weighted by Gasteiger charge is 2.32. The molecule has 5 atom stereocenters. The molecule has 0 spiro atoms. The number of phenols is 1. The highest BCUT2D eigenvalue weighted by Crippen LogP contribution is 2.13. The van der Waals surface area contributed by atoms with Gasteiger partial charge in [0, 0.05) is 13.0 Å². The maximum Gasteiger partial charge on any atom is 0.326 e. The largest absolute Gasteiger partial charge is 0.508 e. The zero-order valence-electron chi connectivity index (χ0n) is 24.5. The molecule has 234 valence electrons. The van der Waals surface area contributed by atoms with Gasteiger partial charge in [-0.25, -0.2) is 4.79 Å². The highest BCUT2D eigenvalue weighted by atomic mass is 16.4. The molecular formula is C30H43N7O6. The van der Waals surface area contributed by atoms with Crippen LogP contribution in [-0.4, -0.2) is 70.6 Å². The van der Waals surface area contributed by atoms with E-state index in [-0.39, 0.29) is 43.4 Å². The zero-order chi connectivity index (χ0) is 31.9. The van der Waals surface area contributed by atoms with Gasteiger partial charge in [-0.2, -0.15) is 0 Å². The zero-order valence-corrected chi connectivity index (χ0v) is 24.5. The Kier molecular flexibility index (Phi) is 13.9. The predicted octanol–water partition coefficient (Wildman–Crippen LogP) is 0.143. The van der Waals surface area contributed by atoms with E-state index in [1.807, 2.05) is 6.92 Å². The van der Waals surface area contributed by atoms with E-state index in [9.17, 15) is 29.4 Å². The number of nitrogens with two attached hydrogens (primary N) is 3. The number of nitrogens with zero attached hydrogens (tertiary/aromatic N) is 1. The molecule has 0 aliphatic rings. The first kappa shape index (κ1) is 34.6. The first-order valence-electron chi connectivity index (χ1n) is 14.2. The summed E-state index contributed by atoms with van der Waals surface area (Å²) in [5.74, 6) is -3.48. The standard InChI is InChI=1S/C30H43N7O6/c1-3-18(2)25(28(41)36-24(29(42)43)17-19-8-5-4-6-9-19)37-27(40)23(10-7-15-34-30(32)33)35-26(39)22(31)16-20-11-13-21(38)14-12-20/h4-6,8-9,11-14,18,22-25,38H,3,7,10,15-17,31H2,1-2H3,(H,35,39)(H,36,41)(H,37,40)(H,42,43)(H4,32,33,34). The first-order chi connectivity index (χ1) is 20.4. The molecule has 0 aliphatic heterocycles. The average molecular weight is 598 g/mol. The number of hydrogen-bond acceptors (Lipinski definition) is 7. The Bertz CT molecular complexity index is 1240. The number of nitrogens with one attached hydrogen (secondary N) is 3. The lowest BCUT2D eigenvalue weighted by Gasteiger charge is -2.28. The molecule has 3 amide bonds.